The van der Waals surface area contributed by atoms with Gasteiger partial charge in [-0.15, -0.1) is 0 Å². The van der Waals surface area contributed by atoms with Crippen molar-refractivity contribution in [1.82, 2.24) is 10.3 Å². The fourth-order valence-electron chi connectivity index (χ4n) is 2.90. The first-order valence-electron chi connectivity index (χ1n) is 6.68. The van der Waals surface area contributed by atoms with E-state index < -0.39 is 0 Å². The van der Waals surface area contributed by atoms with Crippen LogP contribution in [0.25, 0.3) is 0 Å². The largest absolute Gasteiger partial charge is 0.383 e. The Morgan fingerprint density at radius 3 is 2.82 bits per heavy atom. The van der Waals surface area contributed by atoms with Gasteiger partial charge in [0, 0.05) is 12.2 Å². The van der Waals surface area contributed by atoms with Gasteiger partial charge in [0.1, 0.15) is 5.82 Å². The van der Waals surface area contributed by atoms with Crippen molar-refractivity contribution in [2.45, 2.75) is 44.6 Å². The van der Waals surface area contributed by atoms with Gasteiger partial charge in [-0.1, -0.05) is 25.3 Å². The number of hydrogen-bond donors (Lipinski definition) is 2. The van der Waals surface area contributed by atoms with Crippen LogP contribution in [0.15, 0.2) is 18.3 Å². The summed E-state index contributed by atoms with van der Waals surface area (Å²) < 4.78 is 0. The van der Waals surface area contributed by atoms with Crippen LogP contribution in [0, 0.1) is 5.92 Å². The van der Waals surface area contributed by atoms with Gasteiger partial charge in [0.15, 0.2) is 0 Å². The van der Waals surface area contributed by atoms with Gasteiger partial charge in [-0.05, 0) is 43.9 Å². The molecule has 1 aliphatic carbocycles. The molecule has 3 nitrogen and oxygen atoms in total. The molecule has 1 atom stereocenters. The van der Waals surface area contributed by atoms with Crippen molar-refractivity contribution in [2.24, 2.45) is 5.92 Å². The van der Waals surface area contributed by atoms with Crippen LogP contribution in [0.2, 0.25) is 0 Å². The van der Waals surface area contributed by atoms with Crippen molar-refractivity contribution in [3.8, 4) is 0 Å². The van der Waals surface area contributed by atoms with Crippen molar-refractivity contribution < 1.29 is 0 Å². The van der Waals surface area contributed by atoms with Gasteiger partial charge in [0.05, 0.1) is 0 Å². The number of nitrogen functional groups attached to an aromatic ring is 1. The van der Waals surface area contributed by atoms with Crippen molar-refractivity contribution in [3.63, 3.8) is 0 Å². The summed E-state index contributed by atoms with van der Waals surface area (Å²) in [6.07, 6.45) is 9.63. The molecule has 94 valence electrons. The van der Waals surface area contributed by atoms with Crippen LogP contribution in [-0.2, 0) is 6.42 Å². The van der Waals surface area contributed by atoms with Crippen LogP contribution in [0.4, 0.5) is 5.82 Å². The molecule has 2 rings (SSSR count). The smallest absolute Gasteiger partial charge is 0.126 e. The summed E-state index contributed by atoms with van der Waals surface area (Å²) >= 11 is 0. The zero-order chi connectivity index (χ0) is 12.1. The zero-order valence-corrected chi connectivity index (χ0v) is 10.7. The number of nitrogens with zero attached hydrogens (tertiary/aromatic N) is 1. The molecular weight excluding hydrogens is 210 g/mol. The molecule has 1 fully saturated rings. The molecule has 0 aromatic carbocycles. The van der Waals surface area contributed by atoms with Crippen molar-refractivity contribution in [2.75, 3.05) is 12.8 Å². The lowest BCUT2D eigenvalue weighted by atomic mass is 9.81. The maximum Gasteiger partial charge on any atom is 0.126 e. The first kappa shape index (κ1) is 12.4. The Labute approximate surface area is 104 Å². The second-order valence-corrected chi connectivity index (χ2v) is 5.05. The third-order valence-corrected chi connectivity index (χ3v) is 3.96. The van der Waals surface area contributed by atoms with Crippen LogP contribution < -0.4 is 11.1 Å². The molecular formula is C14H23N3. The normalized spacial score (nSPS) is 19.1. The summed E-state index contributed by atoms with van der Waals surface area (Å²) in [5.41, 5.74) is 7.09. The Hall–Kier alpha value is -1.09. The minimum Gasteiger partial charge on any atom is -0.383 e. The quantitative estimate of drug-likeness (QED) is 0.839. The van der Waals surface area contributed by atoms with E-state index in [-0.39, 0.29) is 0 Å². The Morgan fingerprint density at radius 1 is 1.41 bits per heavy atom. The summed E-state index contributed by atoms with van der Waals surface area (Å²) in [6, 6.07) is 4.61. The number of anilines is 1. The fraction of sp³-hybridized carbons (Fsp3) is 0.643. The molecule has 1 saturated carbocycles. The van der Waals surface area contributed by atoms with Crippen LogP contribution in [0.1, 0.15) is 37.7 Å². The van der Waals surface area contributed by atoms with E-state index in [0.29, 0.717) is 11.9 Å². The molecule has 17 heavy (non-hydrogen) atoms. The SMILES string of the molecule is CNC(Cc1cccnc1N)C1CCCCC1. The van der Waals surface area contributed by atoms with E-state index >= 15 is 0 Å². The Balaban J connectivity index is 2.01. The molecule has 1 aliphatic rings. The minimum absolute atomic E-state index is 0.543. The second-order valence-electron chi connectivity index (χ2n) is 5.05. The van der Waals surface area contributed by atoms with E-state index in [2.05, 4.69) is 23.4 Å². The maximum absolute atomic E-state index is 5.91. The standard InChI is InChI=1S/C14H23N3/c1-16-13(11-6-3-2-4-7-11)10-12-8-5-9-17-14(12)15/h5,8-9,11,13,16H,2-4,6-7,10H2,1H3,(H2,15,17). The summed E-state index contributed by atoms with van der Waals surface area (Å²) in [5.74, 6) is 1.48. The molecule has 1 unspecified atom stereocenters. The van der Waals surface area contributed by atoms with Gasteiger partial charge in [0.25, 0.3) is 0 Å². The highest BCUT2D eigenvalue weighted by Gasteiger charge is 2.23. The first-order chi connectivity index (χ1) is 8.31. The average Bonchev–Trinajstić information content (AvgIpc) is 2.39. The van der Waals surface area contributed by atoms with Crippen molar-refractivity contribution >= 4 is 5.82 Å². The monoisotopic (exact) mass is 233 g/mol. The molecule has 3 N–H and O–H groups in total. The number of nitrogens with one attached hydrogen (secondary N) is 1. The van der Waals surface area contributed by atoms with E-state index in [1.165, 1.54) is 37.7 Å². The average molecular weight is 233 g/mol. The Bertz CT molecular complexity index is 345. The number of hydrogen-bond acceptors (Lipinski definition) is 3. The van der Waals surface area contributed by atoms with Gasteiger partial charge in [0.2, 0.25) is 0 Å². The number of nitrogens with two attached hydrogens (primary N) is 1. The van der Waals surface area contributed by atoms with Gasteiger partial charge in [-0.25, -0.2) is 4.98 Å². The summed E-state index contributed by atoms with van der Waals surface area (Å²) in [7, 11) is 2.06. The molecule has 1 aromatic rings. The molecule has 0 spiro atoms. The third kappa shape index (κ3) is 3.19. The number of rotatable bonds is 4. The molecule has 1 aromatic heterocycles. The predicted octanol–water partition coefficient (Wildman–Crippen LogP) is 2.37. The lowest BCUT2D eigenvalue weighted by Gasteiger charge is -2.30. The van der Waals surface area contributed by atoms with Gasteiger partial charge < -0.3 is 11.1 Å². The van der Waals surface area contributed by atoms with Crippen molar-refractivity contribution in [1.29, 1.82) is 0 Å². The topological polar surface area (TPSA) is 50.9 Å². The molecule has 0 amide bonds. The maximum atomic E-state index is 5.91. The molecule has 0 aliphatic heterocycles. The lowest BCUT2D eigenvalue weighted by molar-refractivity contribution is 0.277. The number of aromatic nitrogens is 1. The van der Waals surface area contributed by atoms with Gasteiger partial charge >= 0.3 is 0 Å². The van der Waals surface area contributed by atoms with Crippen LogP contribution in [0.3, 0.4) is 0 Å². The van der Waals surface area contributed by atoms with Crippen LogP contribution in [-0.4, -0.2) is 18.1 Å². The summed E-state index contributed by atoms with van der Waals surface area (Å²) in [4.78, 5) is 4.16. The van der Waals surface area contributed by atoms with Crippen LogP contribution >= 0.6 is 0 Å². The molecule has 0 radical (unpaired) electrons. The molecule has 0 saturated heterocycles. The fourth-order valence-corrected chi connectivity index (χ4v) is 2.90. The lowest BCUT2D eigenvalue weighted by Crippen LogP contribution is -2.36. The van der Waals surface area contributed by atoms with Crippen LogP contribution in [0.5, 0.6) is 0 Å². The molecule has 3 heteroatoms. The zero-order valence-electron chi connectivity index (χ0n) is 10.7. The molecule has 0 bridgehead atoms. The number of pyridine rings is 1. The van der Waals surface area contributed by atoms with E-state index in [1.807, 2.05) is 6.07 Å². The van der Waals surface area contributed by atoms with Gasteiger partial charge in [-0.3, -0.25) is 0 Å². The van der Waals surface area contributed by atoms with Crippen molar-refractivity contribution in [3.05, 3.63) is 23.9 Å². The predicted molar refractivity (Wildman–Crippen MR) is 71.8 cm³/mol. The Kier molecular flexibility index (Phi) is 4.37. The highest BCUT2D eigenvalue weighted by atomic mass is 14.9. The second kappa shape index (κ2) is 6.01. The van der Waals surface area contributed by atoms with Gasteiger partial charge in [-0.2, -0.15) is 0 Å². The minimum atomic E-state index is 0.543. The highest BCUT2D eigenvalue weighted by molar-refractivity contribution is 5.38. The third-order valence-electron chi connectivity index (χ3n) is 3.96. The van der Waals surface area contributed by atoms with E-state index in [9.17, 15) is 0 Å². The highest BCUT2D eigenvalue weighted by Crippen LogP contribution is 2.28. The molecule has 1 heterocycles. The summed E-state index contributed by atoms with van der Waals surface area (Å²) in [6.45, 7) is 0. The Morgan fingerprint density at radius 2 is 2.18 bits per heavy atom. The summed E-state index contributed by atoms with van der Waals surface area (Å²) in [5, 5.41) is 3.46. The van der Waals surface area contributed by atoms with E-state index in [1.54, 1.807) is 6.20 Å². The number of likely N-dealkylation sites (N-methyl/N-ethyl adjacent to an activating group) is 1. The first-order valence-corrected chi connectivity index (χ1v) is 6.68. The van der Waals surface area contributed by atoms with E-state index in [0.717, 1.165) is 12.3 Å². The van der Waals surface area contributed by atoms with E-state index in [4.69, 9.17) is 5.73 Å².